The van der Waals surface area contributed by atoms with Gasteiger partial charge in [0, 0.05) is 24.4 Å². The van der Waals surface area contributed by atoms with Gasteiger partial charge < -0.3 is 20.1 Å². The molecule has 0 amide bonds. The Morgan fingerprint density at radius 1 is 1.00 bits per heavy atom. The molecule has 4 rings (SSSR count). The van der Waals surface area contributed by atoms with Crippen LogP contribution in [0.25, 0.3) is 22.1 Å². The summed E-state index contributed by atoms with van der Waals surface area (Å²) in [5.74, 6) is 1.43. The predicted molar refractivity (Wildman–Crippen MR) is 103 cm³/mol. The van der Waals surface area contributed by atoms with Crippen molar-refractivity contribution in [2.24, 2.45) is 0 Å². The summed E-state index contributed by atoms with van der Waals surface area (Å²) in [7, 11) is 0. The first kappa shape index (κ1) is 15.8. The Bertz CT molecular complexity index is 961. The van der Waals surface area contributed by atoms with Gasteiger partial charge in [0.1, 0.15) is 13.2 Å². The van der Waals surface area contributed by atoms with Crippen molar-refractivity contribution in [1.29, 1.82) is 0 Å². The van der Waals surface area contributed by atoms with E-state index in [2.05, 4.69) is 22.5 Å². The molecule has 7 heteroatoms. The zero-order chi connectivity index (χ0) is 17.2. The molecule has 0 unspecified atom stereocenters. The number of anilines is 1. The average molecular weight is 354 g/mol. The molecule has 0 fully saturated rings. The van der Waals surface area contributed by atoms with Crippen LogP contribution in [-0.4, -0.2) is 34.8 Å². The van der Waals surface area contributed by atoms with Gasteiger partial charge in [0.2, 0.25) is 0 Å². The lowest BCUT2D eigenvalue weighted by molar-refractivity contribution is 0.172. The fourth-order valence-electron chi connectivity index (χ4n) is 2.71. The fraction of sp³-hybridized carbons (Fsp3) is 0.278. The quantitative estimate of drug-likeness (QED) is 0.553. The second-order valence-electron chi connectivity index (χ2n) is 5.79. The first-order valence-corrected chi connectivity index (χ1v) is 8.70. The molecular weight excluding hydrogens is 336 g/mol. The van der Waals surface area contributed by atoms with E-state index in [-0.39, 0.29) is 0 Å². The van der Waals surface area contributed by atoms with Crippen LogP contribution in [0.1, 0.15) is 13.3 Å². The first-order valence-electron chi connectivity index (χ1n) is 8.29. The zero-order valence-corrected chi connectivity index (χ0v) is 14.7. The molecule has 128 valence electrons. The van der Waals surface area contributed by atoms with Crippen LogP contribution in [0.2, 0.25) is 0 Å². The average Bonchev–Trinajstić information content (AvgIpc) is 2.63. The van der Waals surface area contributed by atoms with Gasteiger partial charge in [-0.05, 0) is 36.8 Å². The Kier molecular flexibility index (Phi) is 4.23. The summed E-state index contributed by atoms with van der Waals surface area (Å²) < 4.78 is 11.2. The molecule has 3 aromatic rings. The molecular formula is C18H18N4O2S. The number of nitrogens with one attached hydrogen (secondary N) is 2. The molecule has 2 aromatic carbocycles. The molecule has 2 N–H and O–H groups in total. The number of thiocarbonyl (C=S) groups is 1. The van der Waals surface area contributed by atoms with Crippen molar-refractivity contribution in [3.63, 3.8) is 0 Å². The van der Waals surface area contributed by atoms with Crippen LogP contribution in [-0.2, 0) is 0 Å². The second kappa shape index (κ2) is 6.68. The van der Waals surface area contributed by atoms with E-state index in [0.29, 0.717) is 24.1 Å². The Balaban J connectivity index is 1.69. The van der Waals surface area contributed by atoms with Gasteiger partial charge in [-0.1, -0.05) is 6.92 Å². The Labute approximate surface area is 150 Å². The molecule has 0 atom stereocenters. The lowest BCUT2D eigenvalue weighted by Crippen LogP contribution is -2.28. The monoisotopic (exact) mass is 354 g/mol. The van der Waals surface area contributed by atoms with Gasteiger partial charge in [-0.15, -0.1) is 0 Å². The van der Waals surface area contributed by atoms with Crippen LogP contribution in [0.15, 0.2) is 30.3 Å². The van der Waals surface area contributed by atoms with Crippen molar-refractivity contribution in [2.75, 3.05) is 25.1 Å². The summed E-state index contributed by atoms with van der Waals surface area (Å²) in [5.41, 5.74) is 4.07. The fourth-order valence-corrected chi connectivity index (χ4v) is 2.92. The summed E-state index contributed by atoms with van der Waals surface area (Å²) in [4.78, 5) is 9.40. The molecule has 1 aromatic heterocycles. The van der Waals surface area contributed by atoms with Crippen LogP contribution in [0.4, 0.5) is 5.69 Å². The number of rotatable bonds is 3. The number of hydrogen-bond acceptors (Lipinski definition) is 5. The standard InChI is InChI=1S/C18H18N4O2S/c1-2-5-19-18(25)20-11-3-4-12-13(8-11)22-15-10-17-16(9-14(15)21-12)23-6-7-24-17/h3-4,8-10H,2,5-7H2,1H3,(H2,19,20,25). The van der Waals surface area contributed by atoms with Crippen LogP contribution in [0, 0.1) is 0 Å². The van der Waals surface area contributed by atoms with E-state index in [4.69, 9.17) is 26.7 Å². The van der Waals surface area contributed by atoms with Gasteiger partial charge in [0.25, 0.3) is 0 Å². The first-order chi connectivity index (χ1) is 12.2. The molecule has 0 bridgehead atoms. The minimum atomic E-state index is 0.551. The van der Waals surface area contributed by atoms with Crippen LogP contribution in [0.3, 0.4) is 0 Å². The smallest absolute Gasteiger partial charge is 0.170 e. The molecule has 1 aliphatic heterocycles. The maximum atomic E-state index is 5.63. The van der Waals surface area contributed by atoms with Gasteiger partial charge in [-0.25, -0.2) is 9.97 Å². The van der Waals surface area contributed by atoms with Gasteiger partial charge >= 0.3 is 0 Å². The third-order valence-electron chi connectivity index (χ3n) is 3.89. The maximum Gasteiger partial charge on any atom is 0.170 e. The van der Waals surface area contributed by atoms with Crippen molar-refractivity contribution in [2.45, 2.75) is 13.3 Å². The van der Waals surface area contributed by atoms with Gasteiger partial charge in [-0.3, -0.25) is 0 Å². The van der Waals surface area contributed by atoms with E-state index in [1.165, 1.54) is 0 Å². The lowest BCUT2D eigenvalue weighted by atomic mass is 10.2. The number of aromatic nitrogens is 2. The number of hydrogen-bond donors (Lipinski definition) is 2. The van der Waals surface area contributed by atoms with E-state index >= 15 is 0 Å². The van der Waals surface area contributed by atoms with Gasteiger partial charge in [0.05, 0.1) is 22.1 Å². The molecule has 0 saturated heterocycles. The zero-order valence-electron chi connectivity index (χ0n) is 13.8. The number of benzene rings is 2. The third-order valence-corrected chi connectivity index (χ3v) is 4.14. The Morgan fingerprint density at radius 2 is 1.64 bits per heavy atom. The van der Waals surface area contributed by atoms with Gasteiger partial charge in [0.15, 0.2) is 16.6 Å². The minimum Gasteiger partial charge on any atom is -0.486 e. The highest BCUT2D eigenvalue weighted by Gasteiger charge is 2.14. The molecule has 0 aliphatic carbocycles. The predicted octanol–water partition coefficient (Wildman–Crippen LogP) is 3.25. The van der Waals surface area contributed by atoms with E-state index in [9.17, 15) is 0 Å². The van der Waals surface area contributed by atoms with Crippen molar-refractivity contribution in [3.8, 4) is 11.5 Å². The minimum absolute atomic E-state index is 0.551. The number of fused-ring (bicyclic) bond motifs is 3. The summed E-state index contributed by atoms with van der Waals surface area (Å²) in [6.45, 7) is 4.05. The van der Waals surface area contributed by atoms with Crippen LogP contribution in [0.5, 0.6) is 11.5 Å². The van der Waals surface area contributed by atoms with Crippen molar-refractivity contribution in [3.05, 3.63) is 30.3 Å². The Hall–Kier alpha value is -2.67. The largest absolute Gasteiger partial charge is 0.486 e. The molecule has 0 spiro atoms. The molecule has 0 saturated carbocycles. The number of nitrogens with zero attached hydrogens (tertiary/aromatic N) is 2. The van der Waals surface area contributed by atoms with E-state index < -0.39 is 0 Å². The van der Waals surface area contributed by atoms with Crippen LogP contribution >= 0.6 is 12.2 Å². The van der Waals surface area contributed by atoms with Crippen LogP contribution < -0.4 is 20.1 Å². The molecule has 25 heavy (non-hydrogen) atoms. The summed E-state index contributed by atoms with van der Waals surface area (Å²) >= 11 is 5.28. The maximum absolute atomic E-state index is 5.63. The second-order valence-corrected chi connectivity index (χ2v) is 6.20. The molecule has 0 radical (unpaired) electrons. The van der Waals surface area contributed by atoms with Crippen molar-refractivity contribution in [1.82, 2.24) is 15.3 Å². The number of ether oxygens (including phenoxy) is 2. The molecule has 2 heterocycles. The highest BCUT2D eigenvalue weighted by Crippen LogP contribution is 2.34. The topological polar surface area (TPSA) is 68.3 Å². The highest BCUT2D eigenvalue weighted by atomic mass is 32.1. The van der Waals surface area contributed by atoms with E-state index in [0.717, 1.165) is 46.5 Å². The molecule has 1 aliphatic rings. The summed E-state index contributed by atoms with van der Waals surface area (Å²) in [5, 5.41) is 6.93. The third kappa shape index (κ3) is 3.28. The van der Waals surface area contributed by atoms with E-state index in [1.54, 1.807) is 0 Å². The van der Waals surface area contributed by atoms with Crippen molar-refractivity contribution < 1.29 is 9.47 Å². The highest BCUT2D eigenvalue weighted by molar-refractivity contribution is 7.80. The van der Waals surface area contributed by atoms with Crippen molar-refractivity contribution >= 4 is 45.1 Å². The normalized spacial score (nSPS) is 13.0. The SMILES string of the molecule is CCCNC(=S)Nc1ccc2nc3cc4c(cc3nc2c1)OCCO4. The molecule has 6 nitrogen and oxygen atoms in total. The summed E-state index contributed by atoms with van der Waals surface area (Å²) in [6, 6.07) is 9.58. The Morgan fingerprint density at radius 3 is 2.32 bits per heavy atom. The van der Waals surface area contributed by atoms with Gasteiger partial charge in [-0.2, -0.15) is 0 Å². The lowest BCUT2D eigenvalue weighted by Gasteiger charge is -2.18. The van der Waals surface area contributed by atoms with E-state index in [1.807, 2.05) is 30.3 Å². The summed E-state index contributed by atoms with van der Waals surface area (Å²) in [6.07, 6.45) is 1.02.